The van der Waals surface area contributed by atoms with Crippen LogP contribution in [-0.4, -0.2) is 29.0 Å². The molecule has 0 aliphatic heterocycles. The molecule has 0 saturated carbocycles. The summed E-state index contributed by atoms with van der Waals surface area (Å²) < 4.78 is 10.4. The Kier molecular flexibility index (Phi) is 6.03. The van der Waals surface area contributed by atoms with Crippen molar-refractivity contribution in [2.45, 2.75) is 45.1 Å². The molecule has 92 valence electrons. The molecule has 5 heteroatoms. The minimum Gasteiger partial charge on any atom is -0.396 e. The van der Waals surface area contributed by atoms with Crippen LogP contribution in [0.5, 0.6) is 0 Å². The van der Waals surface area contributed by atoms with Crippen molar-refractivity contribution in [3.63, 3.8) is 0 Å². The van der Waals surface area contributed by atoms with Crippen LogP contribution in [0.25, 0.3) is 0 Å². The van der Waals surface area contributed by atoms with Crippen LogP contribution in [0.2, 0.25) is 0 Å². The van der Waals surface area contributed by atoms with E-state index in [1.54, 1.807) is 7.11 Å². The average Bonchev–Trinajstić information content (AvgIpc) is 2.75. The molecule has 0 aliphatic rings. The number of nitrogens with zero attached hydrogens (tertiary/aromatic N) is 2. The number of aryl methyl sites for hydroxylation is 1. The Bertz CT molecular complexity index is 289. The van der Waals surface area contributed by atoms with Gasteiger partial charge in [0.05, 0.1) is 0 Å². The van der Waals surface area contributed by atoms with Gasteiger partial charge in [0.1, 0.15) is 6.10 Å². The monoisotopic (exact) mass is 228 g/mol. The van der Waals surface area contributed by atoms with Crippen molar-refractivity contribution in [2.75, 3.05) is 13.7 Å². The van der Waals surface area contributed by atoms with Crippen LogP contribution in [0, 0.1) is 0 Å². The standard InChI is InChI=1S/C11H20N2O3/c1-3-6-9(15-2)11-12-10(16-13-11)7-4-5-8-14/h9,14H,3-8H2,1-2H3. The van der Waals surface area contributed by atoms with Crippen LogP contribution < -0.4 is 0 Å². The Morgan fingerprint density at radius 1 is 1.44 bits per heavy atom. The summed E-state index contributed by atoms with van der Waals surface area (Å²) in [7, 11) is 1.65. The zero-order valence-electron chi connectivity index (χ0n) is 9.98. The molecule has 1 atom stereocenters. The second-order valence-corrected chi connectivity index (χ2v) is 3.74. The minimum absolute atomic E-state index is 0.0691. The summed E-state index contributed by atoms with van der Waals surface area (Å²) in [5.74, 6) is 1.25. The fourth-order valence-electron chi connectivity index (χ4n) is 1.50. The number of ether oxygens (including phenoxy) is 1. The molecule has 0 fully saturated rings. The van der Waals surface area contributed by atoms with E-state index < -0.39 is 0 Å². The van der Waals surface area contributed by atoms with E-state index in [4.69, 9.17) is 14.4 Å². The van der Waals surface area contributed by atoms with Crippen LogP contribution in [0.15, 0.2) is 4.52 Å². The summed E-state index contributed by atoms with van der Waals surface area (Å²) in [6.07, 6.45) is 4.19. The lowest BCUT2D eigenvalue weighted by atomic mass is 10.2. The number of methoxy groups -OCH3 is 1. The third kappa shape index (κ3) is 3.90. The second-order valence-electron chi connectivity index (χ2n) is 3.74. The zero-order chi connectivity index (χ0) is 11.8. The molecule has 0 aromatic carbocycles. The van der Waals surface area contributed by atoms with Crippen molar-refractivity contribution in [3.05, 3.63) is 11.7 Å². The first-order valence-corrected chi connectivity index (χ1v) is 5.78. The van der Waals surface area contributed by atoms with E-state index in [2.05, 4.69) is 17.1 Å². The van der Waals surface area contributed by atoms with Crippen LogP contribution in [0.4, 0.5) is 0 Å². The van der Waals surface area contributed by atoms with E-state index >= 15 is 0 Å². The minimum atomic E-state index is -0.0691. The van der Waals surface area contributed by atoms with E-state index in [1.165, 1.54) is 0 Å². The quantitative estimate of drug-likeness (QED) is 0.688. The Balaban J connectivity index is 2.48. The fourth-order valence-corrected chi connectivity index (χ4v) is 1.50. The van der Waals surface area contributed by atoms with E-state index in [9.17, 15) is 0 Å². The van der Waals surface area contributed by atoms with Crippen molar-refractivity contribution >= 4 is 0 Å². The highest BCUT2D eigenvalue weighted by molar-refractivity contribution is 4.91. The molecular formula is C11H20N2O3. The van der Waals surface area contributed by atoms with E-state index in [1.807, 2.05) is 0 Å². The maximum atomic E-state index is 8.66. The molecule has 1 heterocycles. The number of hydrogen-bond acceptors (Lipinski definition) is 5. The smallest absolute Gasteiger partial charge is 0.226 e. The van der Waals surface area contributed by atoms with Gasteiger partial charge in [0, 0.05) is 20.1 Å². The van der Waals surface area contributed by atoms with Crippen LogP contribution in [0.3, 0.4) is 0 Å². The molecular weight excluding hydrogens is 208 g/mol. The molecule has 1 rings (SSSR count). The molecule has 1 aromatic rings. The van der Waals surface area contributed by atoms with Gasteiger partial charge >= 0.3 is 0 Å². The molecule has 16 heavy (non-hydrogen) atoms. The first-order valence-electron chi connectivity index (χ1n) is 5.78. The molecule has 0 spiro atoms. The lowest BCUT2D eigenvalue weighted by molar-refractivity contribution is 0.0854. The van der Waals surface area contributed by atoms with E-state index in [-0.39, 0.29) is 12.7 Å². The summed E-state index contributed by atoms with van der Waals surface area (Å²) >= 11 is 0. The average molecular weight is 228 g/mol. The SMILES string of the molecule is CCCC(OC)c1noc(CCCCO)n1. The highest BCUT2D eigenvalue weighted by Crippen LogP contribution is 2.19. The maximum Gasteiger partial charge on any atom is 0.226 e. The largest absolute Gasteiger partial charge is 0.396 e. The summed E-state index contributed by atoms with van der Waals surface area (Å²) in [5, 5.41) is 12.6. The van der Waals surface area contributed by atoms with Crippen molar-refractivity contribution in [2.24, 2.45) is 0 Å². The summed E-state index contributed by atoms with van der Waals surface area (Å²) in [5.41, 5.74) is 0. The number of rotatable bonds is 8. The van der Waals surface area contributed by atoms with Gasteiger partial charge in [-0.25, -0.2) is 0 Å². The van der Waals surface area contributed by atoms with Crippen LogP contribution in [0.1, 0.15) is 50.4 Å². The Morgan fingerprint density at radius 3 is 2.88 bits per heavy atom. The number of aliphatic hydroxyl groups is 1. The number of aliphatic hydroxyl groups excluding tert-OH is 1. The first kappa shape index (κ1) is 13.1. The first-order chi connectivity index (χ1) is 7.81. The van der Waals surface area contributed by atoms with Gasteiger partial charge in [0.15, 0.2) is 0 Å². The van der Waals surface area contributed by atoms with Crippen molar-refractivity contribution in [1.29, 1.82) is 0 Å². The van der Waals surface area contributed by atoms with Gasteiger partial charge in [0.2, 0.25) is 11.7 Å². The second kappa shape index (κ2) is 7.35. The third-order valence-corrected chi connectivity index (χ3v) is 2.41. The Morgan fingerprint density at radius 2 is 2.25 bits per heavy atom. The maximum absolute atomic E-state index is 8.66. The van der Waals surface area contributed by atoms with Gasteiger partial charge in [-0.15, -0.1) is 0 Å². The number of unbranched alkanes of at least 4 members (excludes halogenated alkanes) is 1. The Labute approximate surface area is 95.8 Å². The van der Waals surface area contributed by atoms with Gasteiger partial charge in [0.25, 0.3) is 0 Å². The summed E-state index contributed by atoms with van der Waals surface area (Å²) in [4.78, 5) is 4.29. The molecule has 1 aromatic heterocycles. The summed E-state index contributed by atoms with van der Waals surface area (Å²) in [6.45, 7) is 2.30. The highest BCUT2D eigenvalue weighted by atomic mass is 16.5. The third-order valence-electron chi connectivity index (χ3n) is 2.41. The van der Waals surface area contributed by atoms with Crippen LogP contribution in [-0.2, 0) is 11.2 Å². The van der Waals surface area contributed by atoms with Crippen LogP contribution >= 0.6 is 0 Å². The van der Waals surface area contributed by atoms with E-state index in [0.717, 1.165) is 32.1 Å². The lowest BCUT2D eigenvalue weighted by Crippen LogP contribution is -2.03. The zero-order valence-corrected chi connectivity index (χ0v) is 9.98. The molecule has 0 radical (unpaired) electrons. The Hall–Kier alpha value is -0.940. The van der Waals surface area contributed by atoms with Gasteiger partial charge in [-0.2, -0.15) is 4.98 Å². The number of hydrogen-bond donors (Lipinski definition) is 1. The predicted octanol–water partition coefficient (Wildman–Crippen LogP) is 1.87. The molecule has 0 saturated heterocycles. The highest BCUT2D eigenvalue weighted by Gasteiger charge is 2.16. The van der Waals surface area contributed by atoms with Gasteiger partial charge in [-0.3, -0.25) is 0 Å². The van der Waals surface area contributed by atoms with E-state index in [0.29, 0.717) is 11.7 Å². The normalized spacial score (nSPS) is 12.9. The predicted molar refractivity (Wildman–Crippen MR) is 59.0 cm³/mol. The molecule has 0 amide bonds. The van der Waals surface area contributed by atoms with Gasteiger partial charge in [-0.1, -0.05) is 18.5 Å². The van der Waals surface area contributed by atoms with Crippen molar-refractivity contribution in [1.82, 2.24) is 10.1 Å². The van der Waals surface area contributed by atoms with Crippen molar-refractivity contribution < 1.29 is 14.4 Å². The molecule has 1 unspecified atom stereocenters. The lowest BCUT2D eigenvalue weighted by Gasteiger charge is -2.08. The molecule has 0 bridgehead atoms. The molecule has 0 aliphatic carbocycles. The van der Waals surface area contributed by atoms with Gasteiger partial charge < -0.3 is 14.4 Å². The fraction of sp³-hybridized carbons (Fsp3) is 0.818. The molecule has 5 nitrogen and oxygen atoms in total. The summed E-state index contributed by atoms with van der Waals surface area (Å²) in [6, 6.07) is 0. The number of aromatic nitrogens is 2. The van der Waals surface area contributed by atoms with Gasteiger partial charge in [-0.05, 0) is 19.3 Å². The topological polar surface area (TPSA) is 68.4 Å². The van der Waals surface area contributed by atoms with Crippen molar-refractivity contribution in [3.8, 4) is 0 Å². The molecule has 1 N–H and O–H groups in total.